The standard InChI is InChI=1S/C40H26/c1-2-13-27(14-3-1)30-25-26-38(32-19-7-6-18-31(30)32)40-36-22-10-8-20-34(36)39(35-21-9-11-23-37(35)40)33-24-12-16-28-15-4-5-17-29(28)33/h1-26H/i1D,2D,3D,4D,5D,6D,7D,8D,9D,10D,11D,12D,13D,14D,15D,16D,18D,19D,20D,21D,22D,23D,24D,25D,26D. The van der Waals surface area contributed by atoms with Crippen molar-refractivity contribution in [3.05, 3.63) is 157 Å². The third kappa shape index (κ3) is 3.47. The van der Waals surface area contributed by atoms with Gasteiger partial charge in [0.05, 0.1) is 34.3 Å². The Morgan fingerprint density at radius 3 is 1.38 bits per heavy atom. The second-order valence-electron chi connectivity index (χ2n) is 8.58. The van der Waals surface area contributed by atoms with Crippen LogP contribution in [0.5, 0.6) is 0 Å². The Balaban J connectivity index is 1.81. The van der Waals surface area contributed by atoms with Crippen LogP contribution >= 0.6 is 0 Å². The second kappa shape index (κ2) is 9.22. The molecule has 0 bridgehead atoms. The molecule has 0 saturated carbocycles. The van der Waals surface area contributed by atoms with E-state index in [2.05, 4.69) is 0 Å². The van der Waals surface area contributed by atoms with Crippen LogP contribution in [0.25, 0.3) is 76.5 Å². The summed E-state index contributed by atoms with van der Waals surface area (Å²) in [6.45, 7) is 0. The number of rotatable bonds is 3. The Morgan fingerprint density at radius 2 is 0.750 bits per heavy atom. The monoisotopic (exact) mass is 531 g/mol. The molecule has 0 saturated heterocycles. The van der Waals surface area contributed by atoms with Crippen molar-refractivity contribution in [3.8, 4) is 33.4 Å². The van der Waals surface area contributed by atoms with E-state index < -0.39 is 222 Å². The topological polar surface area (TPSA) is 0 Å². The van der Waals surface area contributed by atoms with Gasteiger partial charge in [0.15, 0.2) is 0 Å². The molecule has 0 heterocycles. The first-order valence-corrected chi connectivity index (χ1v) is 11.8. The zero-order valence-corrected chi connectivity index (χ0v) is 20.1. The summed E-state index contributed by atoms with van der Waals surface area (Å²) < 4.78 is 222. The molecule has 0 radical (unpaired) electrons. The van der Waals surface area contributed by atoms with Crippen LogP contribution in [-0.4, -0.2) is 0 Å². The Morgan fingerprint density at radius 1 is 0.300 bits per heavy atom. The van der Waals surface area contributed by atoms with Crippen molar-refractivity contribution in [2.24, 2.45) is 0 Å². The van der Waals surface area contributed by atoms with Crippen molar-refractivity contribution in [1.82, 2.24) is 0 Å². The molecular formula is C40H26. The fourth-order valence-corrected chi connectivity index (χ4v) is 4.88. The molecule has 0 heteroatoms. The van der Waals surface area contributed by atoms with E-state index in [0.717, 1.165) is 6.07 Å². The van der Waals surface area contributed by atoms with E-state index in [-0.39, 0.29) is 5.39 Å². The van der Waals surface area contributed by atoms with E-state index in [1.165, 1.54) is 0 Å². The lowest BCUT2D eigenvalue weighted by Crippen LogP contribution is -1.93. The molecule has 0 aliphatic rings. The summed E-state index contributed by atoms with van der Waals surface area (Å²) in [5, 5.41) is -4.91. The number of hydrogen-bond acceptors (Lipinski definition) is 0. The van der Waals surface area contributed by atoms with Gasteiger partial charge in [-0.3, -0.25) is 0 Å². The van der Waals surface area contributed by atoms with Crippen molar-refractivity contribution < 1.29 is 34.3 Å². The average Bonchev–Trinajstić information content (AvgIpc) is 3.27. The lowest BCUT2D eigenvalue weighted by atomic mass is 9.83. The largest absolute Gasteiger partial charge is 0.0630 e. The van der Waals surface area contributed by atoms with Crippen molar-refractivity contribution in [1.29, 1.82) is 0 Å². The van der Waals surface area contributed by atoms with Gasteiger partial charge in [0.2, 0.25) is 0 Å². The molecule has 0 unspecified atom stereocenters. The van der Waals surface area contributed by atoms with Gasteiger partial charge in [0.25, 0.3) is 0 Å². The van der Waals surface area contributed by atoms with Gasteiger partial charge in [-0.25, -0.2) is 0 Å². The minimum absolute atomic E-state index is 0.352. The van der Waals surface area contributed by atoms with Gasteiger partial charge in [0, 0.05) is 0 Å². The average molecular weight is 532 g/mol. The van der Waals surface area contributed by atoms with Gasteiger partial charge < -0.3 is 0 Å². The molecule has 0 amide bonds. The SMILES string of the molecule is [2H]c1cc2c(-c3c4c([2H])c([2H])c([2H])c([2H])c4c(-c4c([2H])c([2H])c(-c5c([2H])c([2H])c([2H])c([2H])c5[2H])c5c([2H])c([2H])c([2H])c([2H])c45)c4c([2H])c([2H])c([2H])c([2H])c34)c([2H])c([2H])c([2H])c2c([2H])c1[2H]. The van der Waals surface area contributed by atoms with Crippen molar-refractivity contribution in [2.45, 2.75) is 0 Å². The molecule has 0 aliphatic heterocycles. The van der Waals surface area contributed by atoms with E-state index in [1.807, 2.05) is 0 Å². The molecule has 186 valence electrons. The Bertz CT molecular complexity index is 3480. The third-order valence-electron chi connectivity index (χ3n) is 6.51. The van der Waals surface area contributed by atoms with E-state index in [9.17, 15) is 11.0 Å². The first kappa shape index (κ1) is 8.91. The Kier molecular flexibility index (Phi) is 2.05. The van der Waals surface area contributed by atoms with Gasteiger partial charge in [0.1, 0.15) is 0 Å². The van der Waals surface area contributed by atoms with Crippen LogP contribution in [0.15, 0.2) is 157 Å². The van der Waals surface area contributed by atoms with Crippen molar-refractivity contribution in [2.75, 3.05) is 0 Å². The van der Waals surface area contributed by atoms with Crippen LogP contribution in [0.2, 0.25) is 0 Å². The molecular weight excluding hydrogens is 480 g/mol. The van der Waals surface area contributed by atoms with Crippen molar-refractivity contribution in [3.63, 3.8) is 0 Å². The van der Waals surface area contributed by atoms with Crippen LogP contribution in [0.4, 0.5) is 0 Å². The summed E-state index contributed by atoms with van der Waals surface area (Å²) in [5.74, 6) is 0. The zero-order chi connectivity index (χ0) is 48.2. The van der Waals surface area contributed by atoms with Crippen LogP contribution in [0.3, 0.4) is 0 Å². The van der Waals surface area contributed by atoms with E-state index in [0.29, 0.717) is 0 Å². The van der Waals surface area contributed by atoms with E-state index in [1.54, 1.807) is 0 Å². The normalized spacial score (nSPS) is 20.2. The molecule has 0 nitrogen and oxygen atoms in total. The molecule has 0 fully saturated rings. The number of benzene rings is 8. The lowest BCUT2D eigenvalue weighted by molar-refractivity contribution is 1.64. The highest BCUT2D eigenvalue weighted by atomic mass is 14.2. The fourth-order valence-electron chi connectivity index (χ4n) is 4.88. The van der Waals surface area contributed by atoms with Gasteiger partial charge >= 0.3 is 0 Å². The molecule has 0 aromatic heterocycles. The first-order chi connectivity index (χ1) is 30.3. The smallest absolute Gasteiger partial charge is 0.0622 e. The predicted molar refractivity (Wildman–Crippen MR) is 173 cm³/mol. The molecule has 0 spiro atoms. The van der Waals surface area contributed by atoms with Crippen LogP contribution < -0.4 is 0 Å². The zero-order valence-electron chi connectivity index (χ0n) is 45.1. The third-order valence-corrected chi connectivity index (χ3v) is 6.51. The maximum Gasteiger partial charge on any atom is 0.0630 e. The summed E-state index contributed by atoms with van der Waals surface area (Å²) in [6.07, 6.45) is 0. The summed E-state index contributed by atoms with van der Waals surface area (Å²) in [7, 11) is 0. The van der Waals surface area contributed by atoms with Gasteiger partial charge in [-0.15, -0.1) is 0 Å². The van der Waals surface area contributed by atoms with Gasteiger partial charge in [-0.2, -0.15) is 0 Å². The van der Waals surface area contributed by atoms with Gasteiger partial charge in [-0.05, 0) is 76.5 Å². The first-order valence-electron chi connectivity index (χ1n) is 24.3. The maximum atomic E-state index is 9.64. The van der Waals surface area contributed by atoms with Crippen molar-refractivity contribution >= 4 is 43.1 Å². The van der Waals surface area contributed by atoms with Crippen LogP contribution in [0.1, 0.15) is 34.3 Å². The summed E-state index contributed by atoms with van der Waals surface area (Å²) >= 11 is 0. The summed E-state index contributed by atoms with van der Waals surface area (Å²) in [4.78, 5) is 0. The minimum atomic E-state index is -1.04. The minimum Gasteiger partial charge on any atom is -0.0622 e. The van der Waals surface area contributed by atoms with Crippen LogP contribution in [-0.2, 0) is 0 Å². The Labute approximate surface area is 268 Å². The summed E-state index contributed by atoms with van der Waals surface area (Å²) in [5.41, 5.74) is -4.05. The fraction of sp³-hybridized carbons (Fsp3) is 0. The lowest BCUT2D eigenvalue weighted by Gasteiger charge is -2.20. The molecule has 0 N–H and O–H groups in total. The Hall–Kier alpha value is -5.20. The molecule has 8 rings (SSSR count). The molecule has 0 aliphatic carbocycles. The van der Waals surface area contributed by atoms with Gasteiger partial charge in [-0.1, -0.05) is 157 Å². The summed E-state index contributed by atoms with van der Waals surface area (Å²) in [6, 6.07) is -21.5. The van der Waals surface area contributed by atoms with Crippen LogP contribution in [0, 0.1) is 0 Å². The highest BCUT2D eigenvalue weighted by Crippen LogP contribution is 2.47. The predicted octanol–water partition coefficient (Wildman–Crippen LogP) is 11.3. The highest BCUT2D eigenvalue weighted by Gasteiger charge is 2.19. The molecule has 40 heavy (non-hydrogen) atoms. The molecule has 8 aromatic rings. The molecule has 8 aromatic carbocycles. The molecule has 0 atom stereocenters. The quantitative estimate of drug-likeness (QED) is 0.199. The van der Waals surface area contributed by atoms with E-state index >= 15 is 0 Å². The number of fused-ring (bicyclic) bond motifs is 4. The highest BCUT2D eigenvalue weighted by molar-refractivity contribution is 6.25. The van der Waals surface area contributed by atoms with E-state index in [4.69, 9.17) is 23.3 Å². The maximum absolute atomic E-state index is 9.64. The second-order valence-corrected chi connectivity index (χ2v) is 8.58. The number of hydrogen-bond donors (Lipinski definition) is 0.